The molecule has 0 N–H and O–H groups in total. The van der Waals surface area contributed by atoms with Gasteiger partial charge in [0.1, 0.15) is 0 Å². The third-order valence-corrected chi connectivity index (χ3v) is 5.57. The average Bonchev–Trinajstić information content (AvgIpc) is 3.08. The van der Waals surface area contributed by atoms with Crippen molar-refractivity contribution < 1.29 is 0 Å². The van der Waals surface area contributed by atoms with Gasteiger partial charge in [-0.2, -0.15) is 0 Å². The molecule has 28 heavy (non-hydrogen) atoms. The summed E-state index contributed by atoms with van der Waals surface area (Å²) in [7, 11) is 0. The van der Waals surface area contributed by atoms with Crippen LogP contribution < -0.4 is 0 Å². The van der Waals surface area contributed by atoms with Crippen LogP contribution in [-0.4, -0.2) is 4.57 Å². The van der Waals surface area contributed by atoms with Gasteiger partial charge in [-0.05, 0) is 40.8 Å². The summed E-state index contributed by atoms with van der Waals surface area (Å²) >= 11 is 0. The molecule has 1 heterocycles. The normalized spacial score (nSPS) is 11.5. The van der Waals surface area contributed by atoms with Gasteiger partial charge < -0.3 is 4.57 Å². The van der Waals surface area contributed by atoms with E-state index in [-0.39, 0.29) is 0 Å². The molecule has 0 spiro atoms. The van der Waals surface area contributed by atoms with Crippen molar-refractivity contribution in [3.8, 4) is 16.8 Å². The van der Waals surface area contributed by atoms with Crippen molar-refractivity contribution in [1.29, 1.82) is 0 Å². The molecule has 4 aromatic carbocycles. The first-order chi connectivity index (χ1) is 13.8. The summed E-state index contributed by atoms with van der Waals surface area (Å²) in [5, 5.41) is 2.61. The molecular formula is C27H23N. The van der Waals surface area contributed by atoms with Gasteiger partial charge in [-0.15, -0.1) is 0 Å². The maximum atomic E-state index is 2.44. The van der Waals surface area contributed by atoms with Crippen molar-refractivity contribution in [2.24, 2.45) is 0 Å². The molecule has 5 rings (SSSR count). The highest BCUT2D eigenvalue weighted by Crippen LogP contribution is 2.38. The highest BCUT2D eigenvalue weighted by Gasteiger charge is 2.18. The molecule has 0 aliphatic heterocycles. The second-order valence-electron chi connectivity index (χ2n) is 7.63. The lowest BCUT2D eigenvalue weighted by atomic mass is 9.91. The minimum Gasteiger partial charge on any atom is -0.309 e. The van der Waals surface area contributed by atoms with Gasteiger partial charge in [-0.1, -0.05) is 92.7 Å². The van der Waals surface area contributed by atoms with Crippen LogP contribution in [0.2, 0.25) is 0 Å². The summed E-state index contributed by atoms with van der Waals surface area (Å²) in [5.41, 5.74) is 7.77. The van der Waals surface area contributed by atoms with Crippen molar-refractivity contribution >= 4 is 21.8 Å². The molecule has 0 aliphatic rings. The molecule has 0 bridgehead atoms. The molecule has 1 nitrogen and oxygen atoms in total. The maximum Gasteiger partial charge on any atom is 0.0541 e. The highest BCUT2D eigenvalue weighted by atomic mass is 15.0. The van der Waals surface area contributed by atoms with E-state index in [1.54, 1.807) is 0 Å². The maximum absolute atomic E-state index is 2.44. The van der Waals surface area contributed by atoms with Gasteiger partial charge in [-0.25, -0.2) is 0 Å². The van der Waals surface area contributed by atoms with E-state index in [0.29, 0.717) is 5.92 Å². The standard InChI is InChI=1S/C27H23N/c1-19(2)27-21(20-11-4-3-5-12-20)15-10-18-26(27)28-24-16-8-6-13-22(24)23-14-7-9-17-25(23)28/h3-19H,1-2H3. The van der Waals surface area contributed by atoms with E-state index in [2.05, 4.69) is 115 Å². The first-order valence-corrected chi connectivity index (χ1v) is 9.92. The van der Waals surface area contributed by atoms with Crippen molar-refractivity contribution in [2.45, 2.75) is 19.8 Å². The summed E-state index contributed by atoms with van der Waals surface area (Å²) < 4.78 is 2.44. The molecule has 1 heteroatoms. The van der Waals surface area contributed by atoms with Crippen molar-refractivity contribution in [3.63, 3.8) is 0 Å². The van der Waals surface area contributed by atoms with Crippen LogP contribution in [-0.2, 0) is 0 Å². The Hall–Kier alpha value is -3.32. The second kappa shape index (κ2) is 6.69. The van der Waals surface area contributed by atoms with Crippen molar-refractivity contribution in [2.75, 3.05) is 0 Å². The molecule has 0 aliphatic carbocycles. The zero-order chi connectivity index (χ0) is 19.1. The number of rotatable bonds is 3. The van der Waals surface area contributed by atoms with E-state index < -0.39 is 0 Å². The van der Waals surface area contributed by atoms with Gasteiger partial charge in [-0.3, -0.25) is 0 Å². The quantitative estimate of drug-likeness (QED) is 0.312. The minimum absolute atomic E-state index is 0.409. The van der Waals surface area contributed by atoms with Crippen LogP contribution in [0.15, 0.2) is 97.1 Å². The monoisotopic (exact) mass is 361 g/mol. The molecule has 0 amide bonds. The predicted octanol–water partition coefficient (Wildman–Crippen LogP) is 7.57. The molecule has 0 saturated heterocycles. The SMILES string of the molecule is CC(C)c1c(-c2ccccc2)cccc1-n1c2ccccc2c2ccccc21. The zero-order valence-corrected chi connectivity index (χ0v) is 16.3. The smallest absolute Gasteiger partial charge is 0.0541 e. The molecule has 0 radical (unpaired) electrons. The molecule has 136 valence electrons. The van der Waals surface area contributed by atoms with E-state index >= 15 is 0 Å². The Labute approximate surface area is 165 Å². The summed E-state index contributed by atoms with van der Waals surface area (Å²) in [4.78, 5) is 0. The van der Waals surface area contributed by atoms with Crippen LogP contribution in [0.1, 0.15) is 25.3 Å². The number of fused-ring (bicyclic) bond motifs is 3. The number of benzene rings is 4. The summed E-state index contributed by atoms with van der Waals surface area (Å²) in [6, 6.07) is 34.9. The lowest BCUT2D eigenvalue weighted by Gasteiger charge is -2.20. The Balaban J connectivity index is 1.91. The third-order valence-electron chi connectivity index (χ3n) is 5.57. The fourth-order valence-corrected chi connectivity index (χ4v) is 4.41. The minimum atomic E-state index is 0.409. The van der Waals surface area contributed by atoms with E-state index in [1.807, 2.05) is 0 Å². The van der Waals surface area contributed by atoms with Gasteiger partial charge >= 0.3 is 0 Å². The van der Waals surface area contributed by atoms with E-state index in [4.69, 9.17) is 0 Å². The molecule has 0 unspecified atom stereocenters. The average molecular weight is 361 g/mol. The molecule has 0 atom stereocenters. The molecule has 0 fully saturated rings. The van der Waals surface area contributed by atoms with Gasteiger partial charge in [0.15, 0.2) is 0 Å². The zero-order valence-electron chi connectivity index (χ0n) is 16.3. The Morgan fingerprint density at radius 1 is 0.571 bits per heavy atom. The molecule has 1 aromatic heterocycles. The number of nitrogens with zero attached hydrogens (tertiary/aromatic N) is 1. The van der Waals surface area contributed by atoms with Crippen LogP contribution in [0, 0.1) is 0 Å². The first-order valence-electron chi connectivity index (χ1n) is 9.92. The van der Waals surface area contributed by atoms with Crippen LogP contribution in [0.25, 0.3) is 38.6 Å². The molecular weight excluding hydrogens is 338 g/mol. The van der Waals surface area contributed by atoms with E-state index in [0.717, 1.165) is 0 Å². The Morgan fingerprint density at radius 3 is 1.75 bits per heavy atom. The first kappa shape index (κ1) is 16.8. The number of hydrogen-bond acceptors (Lipinski definition) is 0. The summed E-state index contributed by atoms with van der Waals surface area (Å²) in [5.74, 6) is 0.409. The van der Waals surface area contributed by atoms with Crippen molar-refractivity contribution in [1.82, 2.24) is 4.57 Å². The summed E-state index contributed by atoms with van der Waals surface area (Å²) in [6.45, 7) is 4.58. The highest BCUT2D eigenvalue weighted by molar-refractivity contribution is 6.09. The Bertz CT molecular complexity index is 1220. The summed E-state index contributed by atoms with van der Waals surface area (Å²) in [6.07, 6.45) is 0. The fraction of sp³-hybridized carbons (Fsp3) is 0.111. The second-order valence-corrected chi connectivity index (χ2v) is 7.63. The van der Waals surface area contributed by atoms with Crippen LogP contribution >= 0.6 is 0 Å². The third kappa shape index (κ3) is 2.55. The number of hydrogen-bond donors (Lipinski definition) is 0. The van der Waals surface area contributed by atoms with Crippen molar-refractivity contribution in [3.05, 3.63) is 103 Å². The van der Waals surface area contributed by atoms with Crippen LogP contribution in [0.4, 0.5) is 0 Å². The largest absolute Gasteiger partial charge is 0.309 e. The van der Waals surface area contributed by atoms with Gasteiger partial charge in [0.05, 0.1) is 16.7 Å². The van der Waals surface area contributed by atoms with Gasteiger partial charge in [0.25, 0.3) is 0 Å². The Morgan fingerprint density at radius 2 is 1.14 bits per heavy atom. The number of aromatic nitrogens is 1. The van der Waals surface area contributed by atoms with Gasteiger partial charge in [0.2, 0.25) is 0 Å². The predicted molar refractivity (Wildman–Crippen MR) is 120 cm³/mol. The van der Waals surface area contributed by atoms with Gasteiger partial charge in [0, 0.05) is 10.8 Å². The molecule has 5 aromatic rings. The van der Waals surface area contributed by atoms with Crippen LogP contribution in [0.3, 0.4) is 0 Å². The Kier molecular flexibility index (Phi) is 4.02. The lowest BCUT2D eigenvalue weighted by Crippen LogP contribution is -2.03. The number of para-hydroxylation sites is 2. The van der Waals surface area contributed by atoms with E-state index in [9.17, 15) is 0 Å². The van der Waals surface area contributed by atoms with Crippen LogP contribution in [0.5, 0.6) is 0 Å². The van der Waals surface area contributed by atoms with E-state index in [1.165, 1.54) is 44.2 Å². The lowest BCUT2D eigenvalue weighted by molar-refractivity contribution is 0.856. The topological polar surface area (TPSA) is 4.93 Å². The fourth-order valence-electron chi connectivity index (χ4n) is 4.41. The molecule has 0 saturated carbocycles.